The van der Waals surface area contributed by atoms with Gasteiger partial charge in [0, 0.05) is 12.6 Å². The van der Waals surface area contributed by atoms with E-state index in [-0.39, 0.29) is 22.5 Å². The van der Waals surface area contributed by atoms with E-state index >= 15 is 0 Å². The first-order valence-electron chi connectivity index (χ1n) is 8.87. The minimum absolute atomic E-state index is 0.108. The van der Waals surface area contributed by atoms with Crippen LogP contribution in [-0.4, -0.2) is 19.8 Å². The summed E-state index contributed by atoms with van der Waals surface area (Å²) in [6.07, 6.45) is 8.08. The van der Waals surface area contributed by atoms with E-state index in [1.807, 2.05) is 0 Å². The van der Waals surface area contributed by atoms with Crippen LogP contribution in [0.15, 0.2) is 23.3 Å². The third-order valence-corrected chi connectivity index (χ3v) is 4.77. The summed E-state index contributed by atoms with van der Waals surface area (Å²) in [6, 6.07) is 2.63. The summed E-state index contributed by atoms with van der Waals surface area (Å²) >= 11 is 0. The molecule has 132 valence electrons. The van der Waals surface area contributed by atoms with E-state index in [0.717, 1.165) is 38.5 Å². The minimum Gasteiger partial charge on any atom is -0.504 e. The van der Waals surface area contributed by atoms with Crippen LogP contribution in [-0.2, 0) is 6.54 Å². The van der Waals surface area contributed by atoms with Gasteiger partial charge in [0.15, 0.2) is 11.5 Å². The van der Waals surface area contributed by atoms with Gasteiger partial charge in [0.05, 0.1) is 17.2 Å². The van der Waals surface area contributed by atoms with Gasteiger partial charge in [0.2, 0.25) is 0 Å². The fraction of sp³-hybridized carbons (Fsp3) is 0.579. The maximum Gasteiger partial charge on any atom is 0.261 e. The van der Waals surface area contributed by atoms with Crippen molar-refractivity contribution in [1.29, 1.82) is 0 Å². The molecule has 24 heavy (non-hydrogen) atoms. The van der Waals surface area contributed by atoms with E-state index in [1.54, 1.807) is 10.9 Å². The second-order valence-electron chi connectivity index (χ2n) is 6.79. The van der Waals surface area contributed by atoms with Crippen LogP contribution in [0.2, 0.25) is 0 Å². The van der Waals surface area contributed by atoms with Gasteiger partial charge in [-0.2, -0.15) is 0 Å². The highest BCUT2D eigenvalue weighted by atomic mass is 16.3. The normalized spacial score (nSPS) is 12.0. The Bertz CT molecular complexity index is 735. The molecule has 0 fully saturated rings. The van der Waals surface area contributed by atoms with Crippen LogP contribution in [0.5, 0.6) is 11.5 Å². The van der Waals surface area contributed by atoms with Crippen LogP contribution in [0.25, 0.3) is 10.9 Å². The number of nitrogens with zero attached hydrogens (tertiary/aromatic N) is 2. The molecule has 0 atom stereocenters. The molecule has 2 N–H and O–H groups in total. The molecule has 5 nitrogen and oxygen atoms in total. The van der Waals surface area contributed by atoms with Gasteiger partial charge < -0.3 is 10.2 Å². The smallest absolute Gasteiger partial charge is 0.261 e. The first-order chi connectivity index (χ1) is 11.5. The molecule has 2 rings (SSSR count). The number of aromatic nitrogens is 2. The predicted octanol–water partition coefficient (Wildman–Crippen LogP) is 4.19. The van der Waals surface area contributed by atoms with Gasteiger partial charge in [-0.25, -0.2) is 4.98 Å². The highest BCUT2D eigenvalue weighted by Gasteiger charge is 2.28. The van der Waals surface area contributed by atoms with Gasteiger partial charge in [-0.05, 0) is 30.7 Å². The molecule has 0 spiro atoms. The molecule has 1 aromatic heterocycles. The maximum atomic E-state index is 12.8. The zero-order valence-corrected chi connectivity index (χ0v) is 14.9. The molecule has 0 radical (unpaired) electrons. The SMILES string of the molecule is CCCC(CCC)(CCC)Cn1cnc2cc(O)c(O)cc2c1=O. The second-order valence-corrected chi connectivity index (χ2v) is 6.79. The number of fused-ring (bicyclic) bond motifs is 1. The van der Waals surface area contributed by atoms with E-state index < -0.39 is 0 Å². The van der Waals surface area contributed by atoms with E-state index in [2.05, 4.69) is 25.8 Å². The van der Waals surface area contributed by atoms with Gasteiger partial charge in [-0.15, -0.1) is 0 Å². The van der Waals surface area contributed by atoms with Crippen molar-refractivity contribution in [1.82, 2.24) is 9.55 Å². The Hall–Kier alpha value is -2.04. The molecule has 2 aromatic rings. The van der Waals surface area contributed by atoms with Crippen LogP contribution in [0.3, 0.4) is 0 Å². The van der Waals surface area contributed by atoms with Gasteiger partial charge >= 0.3 is 0 Å². The molecule has 0 unspecified atom stereocenters. The van der Waals surface area contributed by atoms with Crippen molar-refractivity contribution in [3.05, 3.63) is 28.8 Å². The fourth-order valence-electron chi connectivity index (χ4n) is 3.86. The Morgan fingerprint density at radius 3 is 2.08 bits per heavy atom. The molecule has 0 aliphatic heterocycles. The largest absolute Gasteiger partial charge is 0.504 e. The van der Waals surface area contributed by atoms with E-state index in [0.29, 0.717) is 17.4 Å². The second kappa shape index (κ2) is 7.69. The first kappa shape index (κ1) is 18.3. The molecular weight excluding hydrogens is 304 g/mol. The Morgan fingerprint density at radius 2 is 1.54 bits per heavy atom. The number of phenolic OH excluding ortho intramolecular Hbond substituents is 2. The Kier molecular flexibility index (Phi) is 5.86. The molecule has 1 aromatic carbocycles. The third kappa shape index (κ3) is 3.71. The molecule has 5 heteroatoms. The highest BCUT2D eigenvalue weighted by molar-refractivity contribution is 5.81. The van der Waals surface area contributed by atoms with E-state index in [9.17, 15) is 15.0 Å². The number of aromatic hydroxyl groups is 2. The van der Waals surface area contributed by atoms with Crippen LogP contribution in [0.1, 0.15) is 59.3 Å². The lowest BCUT2D eigenvalue weighted by atomic mass is 9.75. The fourth-order valence-corrected chi connectivity index (χ4v) is 3.86. The zero-order valence-electron chi connectivity index (χ0n) is 14.9. The summed E-state index contributed by atoms with van der Waals surface area (Å²) in [5, 5.41) is 19.6. The average molecular weight is 332 g/mol. The summed E-state index contributed by atoms with van der Waals surface area (Å²) in [4.78, 5) is 17.1. The molecule has 0 bridgehead atoms. The zero-order chi connectivity index (χ0) is 17.7. The summed E-state index contributed by atoms with van der Waals surface area (Å²) in [5.41, 5.74) is 0.345. The van der Waals surface area contributed by atoms with Crippen molar-refractivity contribution in [2.75, 3.05) is 0 Å². The highest BCUT2D eigenvalue weighted by Crippen LogP contribution is 2.36. The number of phenols is 2. The van der Waals surface area contributed by atoms with Crippen LogP contribution in [0.4, 0.5) is 0 Å². The number of rotatable bonds is 8. The summed E-state index contributed by atoms with van der Waals surface area (Å²) in [7, 11) is 0. The Labute approximate surface area is 143 Å². The van der Waals surface area contributed by atoms with Crippen LogP contribution < -0.4 is 5.56 Å². The van der Waals surface area contributed by atoms with Gasteiger partial charge in [0.1, 0.15) is 0 Å². The number of hydrogen-bond acceptors (Lipinski definition) is 4. The van der Waals surface area contributed by atoms with Crippen molar-refractivity contribution >= 4 is 10.9 Å². The molecule has 0 saturated heterocycles. The minimum atomic E-state index is -0.291. The van der Waals surface area contributed by atoms with Gasteiger partial charge in [-0.3, -0.25) is 9.36 Å². The first-order valence-corrected chi connectivity index (χ1v) is 8.87. The van der Waals surface area contributed by atoms with Gasteiger partial charge in [-0.1, -0.05) is 40.0 Å². The lowest BCUT2D eigenvalue weighted by Gasteiger charge is -2.34. The Balaban J connectivity index is 2.48. The predicted molar refractivity (Wildman–Crippen MR) is 96.5 cm³/mol. The van der Waals surface area contributed by atoms with Crippen molar-refractivity contribution in [3.63, 3.8) is 0 Å². The standard InChI is InChI=1S/C19H28N2O3/c1-4-7-19(8-5-2,9-6-3)12-21-13-20-15-11-17(23)16(22)10-14(15)18(21)24/h10-11,13,22-23H,4-9,12H2,1-3H3. The third-order valence-electron chi connectivity index (χ3n) is 4.77. The summed E-state index contributed by atoms with van der Waals surface area (Å²) in [5.74, 6) is -0.550. The van der Waals surface area contributed by atoms with E-state index in [4.69, 9.17) is 0 Å². The van der Waals surface area contributed by atoms with E-state index in [1.165, 1.54) is 12.1 Å². The summed E-state index contributed by atoms with van der Waals surface area (Å²) in [6.45, 7) is 7.19. The van der Waals surface area contributed by atoms with Crippen molar-refractivity contribution in [3.8, 4) is 11.5 Å². The van der Waals surface area contributed by atoms with Crippen molar-refractivity contribution in [2.24, 2.45) is 5.41 Å². The molecule has 0 aliphatic carbocycles. The Morgan fingerprint density at radius 1 is 1.00 bits per heavy atom. The number of benzene rings is 1. The molecule has 0 aliphatic rings. The molecule has 0 amide bonds. The monoisotopic (exact) mass is 332 g/mol. The topological polar surface area (TPSA) is 75.3 Å². The average Bonchev–Trinajstić information content (AvgIpc) is 2.53. The van der Waals surface area contributed by atoms with Gasteiger partial charge in [0.25, 0.3) is 5.56 Å². The lowest BCUT2D eigenvalue weighted by molar-refractivity contribution is 0.173. The quantitative estimate of drug-likeness (QED) is 0.711. The molecule has 1 heterocycles. The van der Waals surface area contributed by atoms with Crippen molar-refractivity contribution < 1.29 is 10.2 Å². The summed E-state index contributed by atoms with van der Waals surface area (Å²) < 4.78 is 1.67. The van der Waals surface area contributed by atoms with Crippen molar-refractivity contribution in [2.45, 2.75) is 65.8 Å². The lowest BCUT2D eigenvalue weighted by Crippen LogP contribution is -2.32. The van der Waals surface area contributed by atoms with Crippen LogP contribution >= 0.6 is 0 Å². The molecule has 0 saturated carbocycles. The number of hydrogen-bond donors (Lipinski definition) is 2. The maximum absolute atomic E-state index is 12.8. The molecular formula is C19H28N2O3. The van der Waals surface area contributed by atoms with Crippen LogP contribution in [0, 0.1) is 5.41 Å².